The first-order valence-electron chi connectivity index (χ1n) is 9.31. The molecule has 2 heterocycles. The molecule has 2 aromatic carbocycles. The predicted molar refractivity (Wildman–Crippen MR) is 110 cm³/mol. The average molecular weight is 420 g/mol. The molecule has 2 aromatic heterocycles. The minimum absolute atomic E-state index is 0.0271. The fraction of sp³-hybridized carbons (Fsp3) is 0.130. The number of carbonyl (C=O) groups is 2. The van der Waals surface area contributed by atoms with Crippen LogP contribution in [-0.2, 0) is 16.0 Å². The van der Waals surface area contributed by atoms with Crippen LogP contribution in [0, 0.1) is 0 Å². The number of esters is 2. The van der Waals surface area contributed by atoms with Crippen LogP contribution in [0.1, 0.15) is 25.0 Å². The van der Waals surface area contributed by atoms with Crippen molar-refractivity contribution >= 4 is 33.9 Å². The Morgan fingerprint density at radius 1 is 0.710 bits per heavy atom. The number of carbonyl (C=O) groups excluding carboxylic acids is 2. The smallest absolute Gasteiger partial charge is 0.343 e. The van der Waals surface area contributed by atoms with E-state index >= 15 is 0 Å². The molecule has 0 atom stereocenters. The lowest BCUT2D eigenvalue weighted by molar-refractivity contribution is -0.132. The summed E-state index contributed by atoms with van der Waals surface area (Å²) in [6.07, 6.45) is -0.342. The van der Waals surface area contributed by atoms with Gasteiger partial charge < -0.3 is 18.3 Å². The second kappa shape index (κ2) is 7.91. The van der Waals surface area contributed by atoms with Crippen molar-refractivity contribution in [2.45, 2.75) is 20.3 Å². The van der Waals surface area contributed by atoms with E-state index in [1.54, 1.807) is 48.5 Å². The van der Waals surface area contributed by atoms with Gasteiger partial charge in [0.1, 0.15) is 11.2 Å². The lowest BCUT2D eigenvalue weighted by Crippen LogP contribution is -2.19. The van der Waals surface area contributed by atoms with E-state index in [-0.39, 0.29) is 40.2 Å². The lowest BCUT2D eigenvalue weighted by atomic mass is 10.0. The zero-order valence-corrected chi connectivity index (χ0v) is 16.6. The third kappa shape index (κ3) is 3.83. The zero-order chi connectivity index (χ0) is 22.1. The summed E-state index contributed by atoms with van der Waals surface area (Å²) in [4.78, 5) is 48.9. The second-order valence-electron chi connectivity index (χ2n) is 6.75. The van der Waals surface area contributed by atoms with E-state index < -0.39 is 23.2 Å². The van der Waals surface area contributed by atoms with Gasteiger partial charge in [-0.3, -0.25) is 9.59 Å². The third-order valence-corrected chi connectivity index (χ3v) is 4.55. The van der Waals surface area contributed by atoms with Crippen molar-refractivity contribution in [2.75, 3.05) is 0 Å². The zero-order valence-electron chi connectivity index (χ0n) is 16.6. The molecule has 0 saturated carbocycles. The van der Waals surface area contributed by atoms with Crippen LogP contribution < -0.4 is 20.7 Å². The van der Waals surface area contributed by atoms with Crippen molar-refractivity contribution in [3.05, 3.63) is 80.5 Å². The maximum Gasteiger partial charge on any atom is 0.343 e. The topological polar surface area (TPSA) is 113 Å². The maximum absolute atomic E-state index is 12.7. The van der Waals surface area contributed by atoms with Crippen LogP contribution >= 0.6 is 0 Å². The van der Waals surface area contributed by atoms with Crippen LogP contribution in [0.15, 0.2) is 67.0 Å². The molecule has 0 aliphatic heterocycles. The van der Waals surface area contributed by atoms with E-state index in [0.717, 1.165) is 0 Å². The predicted octanol–water partition coefficient (Wildman–Crippen LogP) is 3.34. The Morgan fingerprint density at radius 2 is 1.10 bits per heavy atom. The van der Waals surface area contributed by atoms with Gasteiger partial charge in [-0.2, -0.15) is 0 Å². The third-order valence-electron chi connectivity index (χ3n) is 4.55. The molecule has 31 heavy (non-hydrogen) atoms. The fourth-order valence-corrected chi connectivity index (χ4v) is 3.32. The Kier molecular flexibility index (Phi) is 5.12. The van der Waals surface area contributed by atoms with E-state index in [1.165, 1.54) is 13.8 Å². The number of benzene rings is 2. The SMILES string of the molecule is CC(=O)Oc1c(Cc2c(OC(C)=O)c3ccccc3oc2=O)c(=O)oc2ccccc12. The molecule has 0 fully saturated rings. The van der Waals surface area contributed by atoms with Crippen molar-refractivity contribution in [1.82, 2.24) is 0 Å². The average Bonchev–Trinajstić information content (AvgIpc) is 2.71. The van der Waals surface area contributed by atoms with E-state index in [1.807, 2.05) is 0 Å². The van der Waals surface area contributed by atoms with Gasteiger partial charge in [0.05, 0.1) is 21.9 Å². The number of rotatable bonds is 4. The Morgan fingerprint density at radius 3 is 1.48 bits per heavy atom. The van der Waals surface area contributed by atoms with Gasteiger partial charge in [-0.1, -0.05) is 24.3 Å². The number of hydrogen-bond acceptors (Lipinski definition) is 8. The standard InChI is InChI=1S/C23H16O8/c1-12(24)28-20-14-7-3-5-9-18(14)30-22(26)16(20)11-17-21(29-13(2)25)15-8-4-6-10-19(15)31-23(17)27/h3-10H,11H2,1-2H3. The molecule has 0 N–H and O–H groups in total. The highest BCUT2D eigenvalue weighted by molar-refractivity contribution is 5.89. The molecule has 4 rings (SSSR count). The molecule has 8 heteroatoms. The highest BCUT2D eigenvalue weighted by Crippen LogP contribution is 2.33. The van der Waals surface area contributed by atoms with Crippen molar-refractivity contribution in [1.29, 1.82) is 0 Å². The van der Waals surface area contributed by atoms with Gasteiger partial charge in [0.15, 0.2) is 11.5 Å². The van der Waals surface area contributed by atoms with Gasteiger partial charge in [-0.15, -0.1) is 0 Å². The Balaban J connectivity index is 2.00. The highest BCUT2D eigenvalue weighted by Gasteiger charge is 2.24. The summed E-state index contributed by atoms with van der Waals surface area (Å²) in [6.45, 7) is 2.39. The number of para-hydroxylation sites is 2. The van der Waals surface area contributed by atoms with Crippen LogP contribution in [0.2, 0.25) is 0 Å². The van der Waals surface area contributed by atoms with Gasteiger partial charge in [0, 0.05) is 20.3 Å². The minimum Gasteiger partial charge on any atom is -0.425 e. The van der Waals surface area contributed by atoms with Crippen molar-refractivity contribution in [3.8, 4) is 11.5 Å². The molecule has 0 aliphatic carbocycles. The summed E-state index contributed by atoms with van der Waals surface area (Å²) in [5.41, 5.74) is -1.31. The number of hydrogen-bond donors (Lipinski definition) is 0. The van der Waals surface area contributed by atoms with Gasteiger partial charge in [-0.05, 0) is 24.3 Å². The maximum atomic E-state index is 12.7. The summed E-state index contributed by atoms with van der Waals surface area (Å²) < 4.78 is 21.3. The monoisotopic (exact) mass is 420 g/mol. The van der Waals surface area contributed by atoms with Crippen molar-refractivity contribution < 1.29 is 27.9 Å². The largest absolute Gasteiger partial charge is 0.425 e. The molecule has 0 saturated heterocycles. The molecular formula is C23H16O8. The molecule has 0 radical (unpaired) electrons. The Hall–Kier alpha value is -4.20. The van der Waals surface area contributed by atoms with Crippen LogP contribution in [0.25, 0.3) is 21.9 Å². The minimum atomic E-state index is -0.795. The number of fused-ring (bicyclic) bond motifs is 2. The lowest BCUT2D eigenvalue weighted by Gasteiger charge is -2.13. The molecule has 4 aromatic rings. The first-order valence-corrected chi connectivity index (χ1v) is 9.31. The van der Waals surface area contributed by atoms with E-state index in [4.69, 9.17) is 18.3 Å². The molecule has 0 unspecified atom stereocenters. The van der Waals surface area contributed by atoms with Gasteiger partial charge in [0.25, 0.3) is 0 Å². The second-order valence-corrected chi connectivity index (χ2v) is 6.75. The molecule has 0 spiro atoms. The van der Waals surface area contributed by atoms with Gasteiger partial charge in [-0.25, -0.2) is 9.59 Å². The van der Waals surface area contributed by atoms with Crippen LogP contribution in [0.3, 0.4) is 0 Å². The number of ether oxygens (including phenoxy) is 2. The van der Waals surface area contributed by atoms with Crippen molar-refractivity contribution in [2.24, 2.45) is 0 Å². The van der Waals surface area contributed by atoms with Gasteiger partial charge in [0.2, 0.25) is 0 Å². The molecule has 0 bridgehead atoms. The summed E-state index contributed by atoms with van der Waals surface area (Å²) in [6, 6.07) is 13.1. The van der Waals surface area contributed by atoms with Gasteiger partial charge >= 0.3 is 23.2 Å². The quantitative estimate of drug-likeness (QED) is 0.365. The first-order chi connectivity index (χ1) is 14.8. The fourth-order valence-electron chi connectivity index (χ4n) is 3.32. The normalized spacial score (nSPS) is 10.9. The molecule has 8 nitrogen and oxygen atoms in total. The molecular weight excluding hydrogens is 404 g/mol. The van der Waals surface area contributed by atoms with E-state index in [9.17, 15) is 19.2 Å². The van der Waals surface area contributed by atoms with Crippen LogP contribution in [-0.4, -0.2) is 11.9 Å². The van der Waals surface area contributed by atoms with E-state index in [2.05, 4.69) is 0 Å². The first kappa shape index (κ1) is 20.1. The van der Waals surface area contributed by atoms with E-state index in [0.29, 0.717) is 10.8 Å². The van der Waals surface area contributed by atoms with Crippen LogP contribution in [0.5, 0.6) is 11.5 Å². The molecule has 0 amide bonds. The Labute approximate surface area is 174 Å². The molecule has 0 aliphatic rings. The summed E-state index contributed by atoms with van der Waals surface area (Å²) in [7, 11) is 0. The van der Waals surface area contributed by atoms with Crippen LogP contribution in [0.4, 0.5) is 0 Å². The van der Waals surface area contributed by atoms with Crippen molar-refractivity contribution in [3.63, 3.8) is 0 Å². The summed E-state index contributed by atoms with van der Waals surface area (Å²) >= 11 is 0. The molecule has 156 valence electrons. The summed E-state index contributed by atoms with van der Waals surface area (Å²) in [5.74, 6) is -1.35. The summed E-state index contributed by atoms with van der Waals surface area (Å²) in [5, 5.41) is 0.762. The Bertz CT molecular complexity index is 1350. The highest BCUT2D eigenvalue weighted by atomic mass is 16.5.